The fourth-order valence-corrected chi connectivity index (χ4v) is 2.57. The minimum Gasteiger partial charge on any atom is -0.394 e. The Morgan fingerprint density at radius 2 is 2.24 bits per heavy atom. The van der Waals surface area contributed by atoms with E-state index in [1.807, 2.05) is 0 Å². The second-order valence-corrected chi connectivity index (χ2v) is 4.73. The molecule has 0 bridgehead atoms. The van der Waals surface area contributed by atoms with Gasteiger partial charge in [-0.05, 0) is 0 Å². The van der Waals surface area contributed by atoms with Gasteiger partial charge in [-0.1, -0.05) is 0 Å². The lowest BCUT2D eigenvalue weighted by Gasteiger charge is -2.19. The summed E-state index contributed by atoms with van der Waals surface area (Å²) in [4.78, 5) is 12.6. The molecule has 1 aliphatic heterocycles. The topological polar surface area (TPSA) is 115 Å². The molecule has 9 nitrogen and oxygen atoms in total. The number of nitrogens with zero attached hydrogens (tertiary/aromatic N) is 4. The maximum Gasteiger partial charge on any atom is 0.167 e. The molecular weight excluding hydrogens is 278 g/mol. The number of methoxy groups -OCH3 is 1. The molecule has 1 aliphatic rings. The van der Waals surface area contributed by atoms with Crippen LogP contribution in [0.15, 0.2) is 12.7 Å². The molecule has 0 saturated carbocycles. The quantitative estimate of drug-likeness (QED) is 0.667. The summed E-state index contributed by atoms with van der Waals surface area (Å²) in [6.45, 7) is -0.291. The summed E-state index contributed by atoms with van der Waals surface area (Å²) < 4.78 is 12.6. The van der Waals surface area contributed by atoms with Gasteiger partial charge in [-0.15, -0.1) is 0 Å². The molecule has 2 aromatic rings. The number of aliphatic hydroxyl groups excluding tert-OH is 2. The van der Waals surface area contributed by atoms with Gasteiger partial charge in [0.25, 0.3) is 0 Å². The van der Waals surface area contributed by atoms with Crippen molar-refractivity contribution in [2.75, 3.05) is 26.1 Å². The Bertz CT molecular complexity index is 633. The van der Waals surface area contributed by atoms with E-state index >= 15 is 0 Å². The van der Waals surface area contributed by atoms with Crippen LogP contribution in [0.3, 0.4) is 0 Å². The zero-order valence-electron chi connectivity index (χ0n) is 11.7. The zero-order valence-corrected chi connectivity index (χ0v) is 11.7. The molecule has 0 radical (unpaired) electrons. The van der Waals surface area contributed by atoms with Gasteiger partial charge in [-0.25, -0.2) is 15.0 Å². The minimum absolute atomic E-state index is 0.291. The summed E-state index contributed by atoms with van der Waals surface area (Å²) in [5, 5.41) is 22.3. The van der Waals surface area contributed by atoms with E-state index in [0.29, 0.717) is 17.0 Å². The first-order valence-corrected chi connectivity index (χ1v) is 6.53. The maximum absolute atomic E-state index is 10.1. The van der Waals surface area contributed by atoms with Gasteiger partial charge in [-0.3, -0.25) is 4.57 Å². The number of ether oxygens (including phenoxy) is 2. The minimum atomic E-state index is -0.923. The molecule has 0 aromatic carbocycles. The SMILES string of the molecule is CNc1ncnc2c1ncn2[C@@H]1O[C@H](CO)C(O)[C@@H]1OC. The van der Waals surface area contributed by atoms with Crippen LogP contribution in [0.2, 0.25) is 0 Å². The van der Waals surface area contributed by atoms with Crippen molar-refractivity contribution in [3.63, 3.8) is 0 Å². The van der Waals surface area contributed by atoms with Crippen molar-refractivity contribution in [2.24, 2.45) is 0 Å². The standard InChI is InChI=1S/C12H17N5O4/c1-13-10-7-11(15-4-14-10)17(5-16-7)12-9(20-2)8(19)6(3-18)21-12/h4-6,8-9,12,18-19H,3H2,1-2H3,(H,13,14,15)/t6-,8?,9+,12-/m1/s1. The van der Waals surface area contributed by atoms with Crippen LogP contribution in [0.4, 0.5) is 5.82 Å². The Morgan fingerprint density at radius 3 is 2.90 bits per heavy atom. The zero-order chi connectivity index (χ0) is 15.0. The van der Waals surface area contributed by atoms with Crippen molar-refractivity contribution < 1.29 is 19.7 Å². The van der Waals surface area contributed by atoms with Gasteiger partial charge in [0.2, 0.25) is 0 Å². The maximum atomic E-state index is 10.1. The summed E-state index contributed by atoms with van der Waals surface area (Å²) in [5.41, 5.74) is 1.16. The molecule has 0 spiro atoms. The molecule has 1 fully saturated rings. The van der Waals surface area contributed by atoms with Crippen LogP contribution in [-0.4, -0.2) is 68.8 Å². The molecule has 9 heteroatoms. The second-order valence-electron chi connectivity index (χ2n) is 4.73. The predicted octanol–water partition coefficient (Wildman–Crippen LogP) is -0.866. The number of fused-ring (bicyclic) bond motifs is 1. The molecule has 3 heterocycles. The van der Waals surface area contributed by atoms with Crippen molar-refractivity contribution >= 4 is 17.0 Å². The van der Waals surface area contributed by atoms with E-state index in [-0.39, 0.29) is 6.61 Å². The normalized spacial score (nSPS) is 29.1. The van der Waals surface area contributed by atoms with Gasteiger partial charge < -0.3 is 25.0 Å². The van der Waals surface area contributed by atoms with Gasteiger partial charge in [0.1, 0.15) is 30.2 Å². The summed E-state index contributed by atoms with van der Waals surface area (Å²) >= 11 is 0. The predicted molar refractivity (Wildman–Crippen MR) is 72.7 cm³/mol. The molecule has 114 valence electrons. The van der Waals surface area contributed by atoms with Crippen LogP contribution in [-0.2, 0) is 9.47 Å². The Morgan fingerprint density at radius 1 is 1.43 bits per heavy atom. The van der Waals surface area contributed by atoms with Crippen molar-refractivity contribution in [3.05, 3.63) is 12.7 Å². The molecule has 0 amide bonds. The number of nitrogens with one attached hydrogen (secondary N) is 1. The highest BCUT2D eigenvalue weighted by atomic mass is 16.6. The summed E-state index contributed by atoms with van der Waals surface area (Å²) in [7, 11) is 3.23. The van der Waals surface area contributed by atoms with E-state index < -0.39 is 24.5 Å². The lowest BCUT2D eigenvalue weighted by molar-refractivity contribution is -0.0583. The van der Waals surface area contributed by atoms with Crippen molar-refractivity contribution in [1.29, 1.82) is 0 Å². The average Bonchev–Trinajstić information content (AvgIpc) is 3.07. The van der Waals surface area contributed by atoms with Gasteiger partial charge in [0.05, 0.1) is 12.9 Å². The third-order valence-corrected chi connectivity index (χ3v) is 3.63. The molecule has 3 N–H and O–H groups in total. The van der Waals surface area contributed by atoms with Crippen molar-refractivity contribution in [3.8, 4) is 0 Å². The van der Waals surface area contributed by atoms with E-state index in [2.05, 4.69) is 20.3 Å². The molecule has 1 unspecified atom stereocenters. The monoisotopic (exact) mass is 295 g/mol. The first-order valence-electron chi connectivity index (χ1n) is 6.53. The molecular formula is C12H17N5O4. The van der Waals surface area contributed by atoms with Gasteiger partial charge >= 0.3 is 0 Å². The van der Waals surface area contributed by atoms with E-state index in [9.17, 15) is 10.2 Å². The molecule has 2 aromatic heterocycles. The molecule has 0 aliphatic carbocycles. The highest BCUT2D eigenvalue weighted by molar-refractivity contribution is 5.82. The Kier molecular flexibility index (Phi) is 3.72. The fraction of sp³-hybridized carbons (Fsp3) is 0.583. The van der Waals surface area contributed by atoms with Crippen LogP contribution in [0.5, 0.6) is 0 Å². The number of hydrogen-bond donors (Lipinski definition) is 3. The van der Waals surface area contributed by atoms with E-state index in [4.69, 9.17) is 9.47 Å². The van der Waals surface area contributed by atoms with Gasteiger partial charge in [0.15, 0.2) is 17.7 Å². The summed E-state index contributed by atoms with van der Waals surface area (Å²) in [5.74, 6) is 0.602. The molecule has 1 saturated heterocycles. The summed E-state index contributed by atoms with van der Waals surface area (Å²) in [6.07, 6.45) is 0.113. The lowest BCUT2D eigenvalue weighted by Crippen LogP contribution is -2.34. The number of aromatic nitrogens is 4. The Hall–Kier alpha value is -1.81. The number of aliphatic hydroxyl groups is 2. The average molecular weight is 295 g/mol. The number of anilines is 1. The van der Waals surface area contributed by atoms with Crippen LogP contribution in [0.25, 0.3) is 11.2 Å². The molecule has 4 atom stereocenters. The Balaban J connectivity index is 2.04. The number of hydrogen-bond acceptors (Lipinski definition) is 8. The van der Waals surface area contributed by atoms with Crippen LogP contribution < -0.4 is 5.32 Å². The van der Waals surface area contributed by atoms with E-state index in [1.54, 1.807) is 17.9 Å². The van der Waals surface area contributed by atoms with Crippen molar-refractivity contribution in [2.45, 2.75) is 24.5 Å². The van der Waals surface area contributed by atoms with Crippen LogP contribution >= 0.6 is 0 Å². The number of imidazole rings is 1. The third kappa shape index (κ3) is 2.14. The van der Waals surface area contributed by atoms with Crippen LogP contribution in [0.1, 0.15) is 6.23 Å². The van der Waals surface area contributed by atoms with E-state index in [1.165, 1.54) is 13.4 Å². The first-order chi connectivity index (χ1) is 10.2. The highest BCUT2D eigenvalue weighted by Crippen LogP contribution is 2.33. The smallest absolute Gasteiger partial charge is 0.167 e. The fourth-order valence-electron chi connectivity index (χ4n) is 2.57. The molecule has 21 heavy (non-hydrogen) atoms. The van der Waals surface area contributed by atoms with Crippen molar-refractivity contribution in [1.82, 2.24) is 19.5 Å². The summed E-state index contributed by atoms with van der Waals surface area (Å²) in [6, 6.07) is 0. The Labute approximate surface area is 120 Å². The lowest BCUT2D eigenvalue weighted by atomic mass is 10.1. The molecule has 3 rings (SSSR count). The van der Waals surface area contributed by atoms with Gasteiger partial charge in [0, 0.05) is 14.2 Å². The van der Waals surface area contributed by atoms with E-state index in [0.717, 1.165) is 0 Å². The largest absolute Gasteiger partial charge is 0.394 e. The van der Waals surface area contributed by atoms with Crippen LogP contribution in [0, 0.1) is 0 Å². The highest BCUT2D eigenvalue weighted by Gasteiger charge is 2.45. The second kappa shape index (κ2) is 5.53. The first kappa shape index (κ1) is 14.1. The third-order valence-electron chi connectivity index (χ3n) is 3.63. The number of rotatable bonds is 4. The van der Waals surface area contributed by atoms with Gasteiger partial charge in [-0.2, -0.15) is 0 Å².